The Morgan fingerprint density at radius 1 is 0.926 bits per heavy atom. The molecule has 0 bridgehead atoms. The van der Waals surface area contributed by atoms with E-state index in [-0.39, 0.29) is 0 Å². The molecule has 0 unspecified atom stereocenters. The summed E-state index contributed by atoms with van der Waals surface area (Å²) < 4.78 is 4.84. The molecule has 0 spiro atoms. The number of aryl methyl sites for hydroxylation is 3. The molecule has 0 aliphatic heterocycles. The maximum Gasteiger partial charge on any atom is 0.339 e. The highest BCUT2D eigenvalue weighted by molar-refractivity contribution is 5.96. The summed E-state index contributed by atoms with van der Waals surface area (Å²) in [6.45, 7) is 6.03. The summed E-state index contributed by atoms with van der Waals surface area (Å²) in [4.78, 5) is 20.9. The Balaban J connectivity index is 1.88. The Bertz CT molecular complexity index is 986. The van der Waals surface area contributed by atoms with Crippen LogP contribution in [0.2, 0.25) is 0 Å². The Morgan fingerprint density at radius 2 is 1.70 bits per heavy atom. The van der Waals surface area contributed by atoms with Crippen LogP contribution >= 0.6 is 0 Å². The fourth-order valence-corrected chi connectivity index (χ4v) is 2.65. The van der Waals surface area contributed by atoms with Crippen molar-refractivity contribution in [2.75, 3.05) is 17.7 Å². The zero-order valence-electron chi connectivity index (χ0n) is 15.8. The van der Waals surface area contributed by atoms with E-state index in [0.717, 1.165) is 11.4 Å². The molecule has 2 aromatic carbocycles. The maximum atomic E-state index is 12.0. The molecule has 0 saturated carbocycles. The molecule has 27 heavy (non-hydrogen) atoms. The van der Waals surface area contributed by atoms with E-state index in [0.29, 0.717) is 23.0 Å². The number of hydrogen-bond acceptors (Lipinski definition) is 6. The number of ether oxygens (including phenoxy) is 1. The first kappa shape index (κ1) is 18.4. The van der Waals surface area contributed by atoms with Gasteiger partial charge in [-0.15, -0.1) is 0 Å². The topological polar surface area (TPSA) is 76.1 Å². The predicted molar refractivity (Wildman–Crippen MR) is 107 cm³/mol. The summed E-state index contributed by atoms with van der Waals surface area (Å²) >= 11 is 0. The van der Waals surface area contributed by atoms with Crippen LogP contribution in [0.4, 0.5) is 23.1 Å². The van der Waals surface area contributed by atoms with Gasteiger partial charge >= 0.3 is 5.97 Å². The molecule has 0 aliphatic carbocycles. The number of esters is 1. The van der Waals surface area contributed by atoms with Gasteiger partial charge in [0.25, 0.3) is 0 Å². The average molecular weight is 362 g/mol. The second-order valence-corrected chi connectivity index (χ2v) is 6.30. The molecule has 138 valence electrons. The SMILES string of the molecule is COC(=O)c1ccccc1Nc1cc(C)nc(Nc2ccc(C)c(C)c2)n1. The summed E-state index contributed by atoms with van der Waals surface area (Å²) in [5.41, 5.74) is 5.21. The van der Waals surface area contributed by atoms with Crippen LogP contribution in [0.1, 0.15) is 27.2 Å². The molecule has 0 fully saturated rings. The Morgan fingerprint density at radius 3 is 2.44 bits per heavy atom. The van der Waals surface area contributed by atoms with E-state index in [1.165, 1.54) is 18.2 Å². The number of nitrogens with one attached hydrogen (secondary N) is 2. The van der Waals surface area contributed by atoms with Gasteiger partial charge in [0.15, 0.2) is 0 Å². The van der Waals surface area contributed by atoms with E-state index in [1.54, 1.807) is 18.2 Å². The minimum atomic E-state index is -0.405. The minimum absolute atomic E-state index is 0.405. The predicted octanol–water partition coefficient (Wildman–Crippen LogP) is 4.68. The normalized spacial score (nSPS) is 10.4. The molecule has 3 aromatic rings. The number of methoxy groups -OCH3 is 1. The maximum absolute atomic E-state index is 12.0. The molecule has 6 nitrogen and oxygen atoms in total. The van der Waals surface area contributed by atoms with Gasteiger partial charge in [0.1, 0.15) is 5.82 Å². The monoisotopic (exact) mass is 362 g/mol. The number of hydrogen-bond donors (Lipinski definition) is 2. The first-order valence-corrected chi connectivity index (χ1v) is 8.60. The lowest BCUT2D eigenvalue weighted by molar-refractivity contribution is 0.0602. The minimum Gasteiger partial charge on any atom is -0.465 e. The summed E-state index contributed by atoms with van der Waals surface area (Å²) in [6.07, 6.45) is 0. The van der Waals surface area contributed by atoms with Crippen LogP contribution in [-0.2, 0) is 4.74 Å². The number of nitrogens with zero attached hydrogens (tertiary/aromatic N) is 2. The van der Waals surface area contributed by atoms with Crippen molar-refractivity contribution in [1.82, 2.24) is 9.97 Å². The second-order valence-electron chi connectivity index (χ2n) is 6.30. The first-order chi connectivity index (χ1) is 13.0. The van der Waals surface area contributed by atoms with Gasteiger partial charge in [0.05, 0.1) is 18.4 Å². The molecular weight excluding hydrogens is 340 g/mol. The van der Waals surface area contributed by atoms with Crippen LogP contribution in [0.25, 0.3) is 0 Å². The molecular formula is C21H22N4O2. The number of rotatable bonds is 5. The molecule has 0 saturated heterocycles. The lowest BCUT2D eigenvalue weighted by atomic mass is 10.1. The summed E-state index contributed by atoms with van der Waals surface area (Å²) in [6, 6.07) is 15.1. The van der Waals surface area contributed by atoms with Crippen molar-refractivity contribution in [3.8, 4) is 0 Å². The Labute approximate surface area is 158 Å². The summed E-state index contributed by atoms with van der Waals surface area (Å²) in [5.74, 6) is 0.666. The van der Waals surface area contributed by atoms with Gasteiger partial charge in [-0.3, -0.25) is 0 Å². The molecule has 6 heteroatoms. The lowest BCUT2D eigenvalue weighted by Gasteiger charge is -2.13. The largest absolute Gasteiger partial charge is 0.465 e. The van der Waals surface area contributed by atoms with Crippen molar-refractivity contribution in [1.29, 1.82) is 0 Å². The highest BCUT2D eigenvalue weighted by Crippen LogP contribution is 2.23. The first-order valence-electron chi connectivity index (χ1n) is 8.60. The second kappa shape index (κ2) is 7.86. The van der Waals surface area contributed by atoms with Crippen LogP contribution in [0.5, 0.6) is 0 Å². The van der Waals surface area contributed by atoms with Crippen molar-refractivity contribution in [2.24, 2.45) is 0 Å². The van der Waals surface area contributed by atoms with E-state index in [2.05, 4.69) is 46.6 Å². The van der Waals surface area contributed by atoms with Crippen molar-refractivity contribution in [3.63, 3.8) is 0 Å². The molecule has 0 amide bonds. The molecule has 0 radical (unpaired) electrons. The molecule has 1 aromatic heterocycles. The van der Waals surface area contributed by atoms with E-state index < -0.39 is 5.97 Å². The lowest BCUT2D eigenvalue weighted by Crippen LogP contribution is -2.07. The van der Waals surface area contributed by atoms with Crippen molar-refractivity contribution in [2.45, 2.75) is 20.8 Å². The fraction of sp³-hybridized carbons (Fsp3) is 0.190. The third-order valence-corrected chi connectivity index (χ3v) is 4.21. The van der Waals surface area contributed by atoms with Gasteiger partial charge in [-0.05, 0) is 56.2 Å². The van der Waals surface area contributed by atoms with Gasteiger partial charge < -0.3 is 15.4 Å². The molecule has 1 heterocycles. The fourth-order valence-electron chi connectivity index (χ4n) is 2.65. The number of para-hydroxylation sites is 1. The van der Waals surface area contributed by atoms with Crippen molar-refractivity contribution in [3.05, 3.63) is 70.9 Å². The van der Waals surface area contributed by atoms with Crippen LogP contribution in [0, 0.1) is 20.8 Å². The van der Waals surface area contributed by atoms with Gasteiger partial charge in [0.2, 0.25) is 5.95 Å². The van der Waals surface area contributed by atoms with Crippen molar-refractivity contribution < 1.29 is 9.53 Å². The van der Waals surface area contributed by atoms with Crippen LogP contribution < -0.4 is 10.6 Å². The molecule has 2 N–H and O–H groups in total. The summed E-state index contributed by atoms with van der Waals surface area (Å²) in [7, 11) is 1.36. The number of carbonyl (C=O) groups is 1. The van der Waals surface area contributed by atoms with E-state index >= 15 is 0 Å². The van der Waals surface area contributed by atoms with Gasteiger partial charge in [-0.1, -0.05) is 18.2 Å². The quantitative estimate of drug-likeness (QED) is 0.642. The highest BCUT2D eigenvalue weighted by atomic mass is 16.5. The average Bonchev–Trinajstić information content (AvgIpc) is 2.64. The van der Waals surface area contributed by atoms with Gasteiger partial charge in [-0.25, -0.2) is 9.78 Å². The standard InChI is InChI=1S/C21H22N4O2/c1-13-9-10-16(11-14(13)2)23-21-22-15(3)12-19(25-21)24-18-8-6-5-7-17(18)20(26)27-4/h5-12H,1-4H3,(H2,22,23,24,25). The van der Waals surface area contributed by atoms with Gasteiger partial charge in [0, 0.05) is 17.4 Å². The van der Waals surface area contributed by atoms with Crippen LogP contribution in [0.3, 0.4) is 0 Å². The smallest absolute Gasteiger partial charge is 0.339 e. The number of anilines is 4. The third-order valence-electron chi connectivity index (χ3n) is 4.21. The van der Waals surface area contributed by atoms with Gasteiger partial charge in [-0.2, -0.15) is 4.98 Å². The van der Waals surface area contributed by atoms with E-state index in [4.69, 9.17) is 4.74 Å². The zero-order valence-corrected chi connectivity index (χ0v) is 15.8. The summed E-state index contributed by atoms with van der Waals surface area (Å²) in [5, 5.41) is 6.42. The third kappa shape index (κ3) is 4.41. The Kier molecular flexibility index (Phi) is 5.35. The number of carbonyl (C=O) groups excluding carboxylic acids is 1. The number of benzene rings is 2. The van der Waals surface area contributed by atoms with Crippen LogP contribution in [-0.4, -0.2) is 23.0 Å². The molecule has 0 aliphatic rings. The zero-order chi connectivity index (χ0) is 19.4. The van der Waals surface area contributed by atoms with E-state index in [9.17, 15) is 4.79 Å². The van der Waals surface area contributed by atoms with Crippen LogP contribution in [0.15, 0.2) is 48.5 Å². The molecule has 0 atom stereocenters. The number of aromatic nitrogens is 2. The highest BCUT2D eigenvalue weighted by Gasteiger charge is 2.12. The van der Waals surface area contributed by atoms with Crippen molar-refractivity contribution >= 4 is 29.1 Å². The molecule has 3 rings (SSSR count). The Hall–Kier alpha value is -3.41. The van der Waals surface area contributed by atoms with E-state index in [1.807, 2.05) is 25.1 Å².